The molecule has 0 aromatic heterocycles. The highest BCUT2D eigenvalue weighted by molar-refractivity contribution is 5.89. The van der Waals surface area contributed by atoms with Gasteiger partial charge in [0.25, 0.3) is 0 Å². The van der Waals surface area contributed by atoms with Crippen molar-refractivity contribution in [3.05, 3.63) is 48.0 Å². The van der Waals surface area contributed by atoms with Crippen LogP contribution in [-0.4, -0.2) is 60.5 Å². The Morgan fingerprint density at radius 3 is 2.33 bits per heavy atom. The number of alkyl carbamates (subject to hydrolysis) is 1. The van der Waals surface area contributed by atoms with Crippen LogP contribution < -0.4 is 16.0 Å². The van der Waals surface area contributed by atoms with E-state index in [1.54, 1.807) is 27.8 Å². The maximum absolute atomic E-state index is 12.2. The molecule has 0 spiro atoms. The van der Waals surface area contributed by atoms with Crippen LogP contribution in [-0.2, 0) is 25.7 Å². The fraction of sp³-hybridized carbons (Fsp3) is 0.636. The number of hydrogen-bond donors (Lipinski definition) is 3. The van der Waals surface area contributed by atoms with E-state index in [0.717, 1.165) is 31.2 Å². The lowest BCUT2D eigenvalue weighted by molar-refractivity contribution is -0.137. The number of carbonyl (C=O) groups excluding carboxylic acids is 4. The number of likely N-dealkylation sites (N-methyl/N-ethyl adjacent to an activating group) is 1. The molecule has 1 aliphatic heterocycles. The Morgan fingerprint density at radius 2 is 1.71 bits per heavy atom. The number of unbranched alkanes of at least 4 members (excludes halogenated alkanes) is 3. The molecule has 2 rings (SSSR count). The van der Waals surface area contributed by atoms with Crippen molar-refractivity contribution in [2.75, 3.05) is 20.1 Å². The van der Waals surface area contributed by atoms with E-state index in [1.807, 2.05) is 30.3 Å². The third-order valence-electron chi connectivity index (χ3n) is 6.90. The Morgan fingerprint density at radius 1 is 1.02 bits per heavy atom. The molecule has 1 heterocycles. The summed E-state index contributed by atoms with van der Waals surface area (Å²) in [6.07, 6.45) is 13.2. The summed E-state index contributed by atoms with van der Waals surface area (Å²) in [5, 5.41) is 8.01. The summed E-state index contributed by atoms with van der Waals surface area (Å²) < 4.78 is 5.05. The van der Waals surface area contributed by atoms with Gasteiger partial charge >= 0.3 is 6.09 Å². The number of amides is 4. The zero-order valence-electron chi connectivity index (χ0n) is 26.7. The molecule has 2 atom stereocenters. The predicted octanol–water partition coefficient (Wildman–Crippen LogP) is 5.49. The van der Waals surface area contributed by atoms with Crippen LogP contribution in [0.4, 0.5) is 4.79 Å². The summed E-state index contributed by atoms with van der Waals surface area (Å²) in [7, 11) is 1.54. The number of carbonyl (C=O) groups is 4. The van der Waals surface area contributed by atoms with Gasteiger partial charge in [0.15, 0.2) is 0 Å². The van der Waals surface area contributed by atoms with Crippen LogP contribution in [0.2, 0.25) is 0 Å². The Labute approximate surface area is 253 Å². The van der Waals surface area contributed by atoms with Crippen LogP contribution in [0, 0.1) is 5.92 Å². The predicted molar refractivity (Wildman–Crippen MR) is 168 cm³/mol. The van der Waals surface area contributed by atoms with Gasteiger partial charge in [-0.2, -0.15) is 0 Å². The number of rotatable bonds is 14. The minimum absolute atomic E-state index is 0.129. The van der Waals surface area contributed by atoms with Crippen molar-refractivity contribution in [1.82, 2.24) is 20.9 Å². The molecule has 9 heteroatoms. The van der Waals surface area contributed by atoms with Crippen molar-refractivity contribution in [2.24, 2.45) is 5.92 Å². The molecule has 3 N–H and O–H groups in total. The van der Waals surface area contributed by atoms with Crippen molar-refractivity contribution in [3.8, 4) is 0 Å². The quantitative estimate of drug-likeness (QED) is 0.197. The lowest BCUT2D eigenvalue weighted by atomic mass is 9.99. The van der Waals surface area contributed by atoms with Crippen molar-refractivity contribution in [3.63, 3.8) is 0 Å². The van der Waals surface area contributed by atoms with E-state index in [9.17, 15) is 19.2 Å². The number of hydrogen-bond acceptors (Lipinski definition) is 5. The van der Waals surface area contributed by atoms with Gasteiger partial charge in [0, 0.05) is 26.1 Å². The Hall–Kier alpha value is -3.36. The first-order valence-corrected chi connectivity index (χ1v) is 15.5. The standard InChI is InChI=1S/C20H31NO.C13H23N3O4/c1-3-5-6-7-8-9-13-16-19(4-2)20(22)21-17-18-14-11-10-12-15-18;1-13(2,3)20-12(19)15-8-10(17)16-7-5-6-9(16)11(18)14-4/h8-12,14-15,19H,3-7,13,16-17H2,1-2H3,(H,21,22);9H,5-8H2,1-4H3,(H,14,18)(H,15,19)/b9-8-;/t19-;9-/m10/s1. The molecular formula is C33H54N4O5. The molecule has 1 aliphatic rings. The molecule has 42 heavy (non-hydrogen) atoms. The van der Waals surface area contributed by atoms with Crippen LogP contribution in [0.3, 0.4) is 0 Å². The van der Waals surface area contributed by atoms with Gasteiger partial charge in [-0.05, 0) is 71.3 Å². The third-order valence-corrected chi connectivity index (χ3v) is 6.90. The molecule has 236 valence electrons. The van der Waals surface area contributed by atoms with Gasteiger partial charge in [-0.15, -0.1) is 0 Å². The molecule has 0 saturated carbocycles. The van der Waals surface area contributed by atoms with Crippen molar-refractivity contribution >= 4 is 23.8 Å². The van der Waals surface area contributed by atoms with Crippen molar-refractivity contribution < 1.29 is 23.9 Å². The molecule has 1 saturated heterocycles. The van der Waals surface area contributed by atoms with E-state index in [2.05, 4.69) is 41.9 Å². The number of nitrogens with one attached hydrogen (secondary N) is 3. The largest absolute Gasteiger partial charge is 0.444 e. The number of benzene rings is 1. The fourth-order valence-electron chi connectivity index (χ4n) is 4.56. The highest BCUT2D eigenvalue weighted by Gasteiger charge is 2.33. The normalized spacial score (nSPS) is 15.4. The van der Waals surface area contributed by atoms with Gasteiger partial charge in [-0.3, -0.25) is 14.4 Å². The second kappa shape index (κ2) is 20.5. The molecule has 1 fully saturated rings. The summed E-state index contributed by atoms with van der Waals surface area (Å²) in [5.41, 5.74) is 0.548. The minimum Gasteiger partial charge on any atom is -0.444 e. The zero-order chi connectivity index (χ0) is 31.4. The Balaban J connectivity index is 0.000000422. The maximum Gasteiger partial charge on any atom is 0.408 e. The van der Waals surface area contributed by atoms with Gasteiger partial charge in [-0.25, -0.2) is 4.79 Å². The first kappa shape index (κ1) is 36.7. The van der Waals surface area contributed by atoms with Gasteiger partial charge in [0.2, 0.25) is 17.7 Å². The highest BCUT2D eigenvalue weighted by Crippen LogP contribution is 2.17. The summed E-state index contributed by atoms with van der Waals surface area (Å²) in [6.45, 7) is 10.6. The first-order chi connectivity index (χ1) is 20.0. The molecule has 0 bridgehead atoms. The number of nitrogens with zero attached hydrogens (tertiary/aromatic N) is 1. The van der Waals surface area contributed by atoms with E-state index < -0.39 is 17.7 Å². The SMILES string of the molecule is CCCCC/C=C\CC[C@@H](CC)C(=O)NCc1ccccc1.CNC(=O)[C@@H]1CCCN1C(=O)CNC(=O)OC(C)(C)C. The fourth-order valence-corrected chi connectivity index (χ4v) is 4.56. The maximum atomic E-state index is 12.2. The van der Waals surface area contributed by atoms with Crippen LogP contribution in [0.25, 0.3) is 0 Å². The molecule has 0 unspecified atom stereocenters. The lowest BCUT2D eigenvalue weighted by Gasteiger charge is -2.24. The van der Waals surface area contributed by atoms with E-state index in [-0.39, 0.29) is 30.2 Å². The van der Waals surface area contributed by atoms with E-state index in [1.165, 1.54) is 30.6 Å². The van der Waals surface area contributed by atoms with E-state index >= 15 is 0 Å². The smallest absolute Gasteiger partial charge is 0.408 e. The Kier molecular flexibility index (Phi) is 17.9. The summed E-state index contributed by atoms with van der Waals surface area (Å²) in [4.78, 5) is 48.8. The molecule has 1 aromatic rings. The van der Waals surface area contributed by atoms with Gasteiger partial charge in [-0.1, -0.05) is 69.2 Å². The van der Waals surface area contributed by atoms with Gasteiger partial charge in [0.1, 0.15) is 18.2 Å². The minimum atomic E-state index is -0.637. The molecule has 1 aromatic carbocycles. The summed E-state index contributed by atoms with van der Waals surface area (Å²) in [6, 6.07) is 9.64. The van der Waals surface area contributed by atoms with Gasteiger partial charge in [0.05, 0.1) is 0 Å². The van der Waals surface area contributed by atoms with Crippen LogP contribution in [0.15, 0.2) is 42.5 Å². The van der Waals surface area contributed by atoms with Crippen LogP contribution >= 0.6 is 0 Å². The van der Waals surface area contributed by atoms with E-state index in [0.29, 0.717) is 19.5 Å². The van der Waals surface area contributed by atoms with Crippen LogP contribution in [0.1, 0.15) is 98.0 Å². The molecule has 4 amide bonds. The molecule has 0 radical (unpaired) electrons. The summed E-state index contributed by atoms with van der Waals surface area (Å²) >= 11 is 0. The number of likely N-dealkylation sites (tertiary alicyclic amines) is 1. The average molecular weight is 587 g/mol. The van der Waals surface area contributed by atoms with Gasteiger partial charge < -0.3 is 25.6 Å². The van der Waals surface area contributed by atoms with Crippen molar-refractivity contribution in [1.29, 1.82) is 0 Å². The number of allylic oxidation sites excluding steroid dienone is 2. The highest BCUT2D eigenvalue weighted by atomic mass is 16.6. The molecule has 9 nitrogen and oxygen atoms in total. The molecule has 0 aliphatic carbocycles. The van der Waals surface area contributed by atoms with E-state index in [4.69, 9.17) is 4.74 Å². The Bertz CT molecular complexity index is 974. The monoisotopic (exact) mass is 586 g/mol. The zero-order valence-corrected chi connectivity index (χ0v) is 26.7. The second-order valence-corrected chi connectivity index (χ2v) is 11.6. The third kappa shape index (κ3) is 15.6. The topological polar surface area (TPSA) is 117 Å². The summed E-state index contributed by atoms with van der Waals surface area (Å²) in [5.74, 6) is -0.134. The second-order valence-electron chi connectivity index (χ2n) is 11.6. The van der Waals surface area contributed by atoms with Crippen LogP contribution in [0.5, 0.6) is 0 Å². The van der Waals surface area contributed by atoms with Crippen molar-refractivity contribution in [2.45, 2.75) is 111 Å². The molecular weight excluding hydrogens is 532 g/mol. The lowest BCUT2D eigenvalue weighted by Crippen LogP contribution is -2.48. The average Bonchev–Trinajstić information content (AvgIpc) is 3.46. The number of ether oxygens (including phenoxy) is 1. The first-order valence-electron chi connectivity index (χ1n) is 15.5.